The molecule has 0 aliphatic carbocycles. The second-order valence-corrected chi connectivity index (χ2v) is 14.4. The lowest BCUT2D eigenvalue weighted by atomic mass is 10.1. The first-order chi connectivity index (χ1) is 27.4. The molecule has 1 saturated heterocycles. The first-order valence-corrected chi connectivity index (χ1v) is 19.3. The number of nitrogens with two attached hydrogens (primary N) is 1. The lowest BCUT2D eigenvalue weighted by Gasteiger charge is -2.18. The van der Waals surface area contributed by atoms with Gasteiger partial charge >= 0.3 is 11.7 Å². The molecular formula is C41H46Cl2F2N8O4. The zero-order valence-corrected chi connectivity index (χ0v) is 33.0. The minimum absolute atomic E-state index is 0.142. The quantitative estimate of drug-likeness (QED) is 0.0955. The molecule has 1 aromatic heterocycles. The molecule has 6 rings (SSSR count). The van der Waals surface area contributed by atoms with Gasteiger partial charge in [0.15, 0.2) is 11.6 Å². The Labute approximate surface area is 339 Å². The molecule has 302 valence electrons. The molecule has 2 heterocycles. The molecule has 4 aromatic carbocycles. The summed E-state index contributed by atoms with van der Waals surface area (Å²) in [5, 5.41) is 11.6. The maximum Gasteiger partial charge on any atom is 0.329 e. The number of aromatic nitrogens is 2. The Morgan fingerprint density at radius 3 is 2.21 bits per heavy atom. The minimum Gasteiger partial charge on any atom is -0.350 e. The third-order valence-electron chi connectivity index (χ3n) is 9.39. The van der Waals surface area contributed by atoms with Gasteiger partial charge in [0, 0.05) is 40.9 Å². The summed E-state index contributed by atoms with van der Waals surface area (Å²) in [4.78, 5) is 54.3. The first-order valence-electron chi connectivity index (χ1n) is 18.6. The highest BCUT2D eigenvalue weighted by Crippen LogP contribution is 2.27. The Balaban J connectivity index is 0.000000606. The van der Waals surface area contributed by atoms with Gasteiger partial charge in [-0.15, -0.1) is 0 Å². The van der Waals surface area contributed by atoms with Gasteiger partial charge in [-0.1, -0.05) is 65.7 Å². The molecule has 1 aliphatic rings. The van der Waals surface area contributed by atoms with Gasteiger partial charge in [-0.25, -0.2) is 18.4 Å². The number of anilines is 1. The fourth-order valence-electron chi connectivity index (χ4n) is 6.38. The molecule has 1 atom stereocenters. The summed E-state index contributed by atoms with van der Waals surface area (Å²) in [5.74, 6) is -2.49. The van der Waals surface area contributed by atoms with Crippen LogP contribution in [0.15, 0.2) is 89.7 Å². The van der Waals surface area contributed by atoms with Crippen LogP contribution in [0.2, 0.25) is 10.0 Å². The summed E-state index contributed by atoms with van der Waals surface area (Å²) in [6, 6.07) is 22.1. The molecule has 16 heteroatoms. The third kappa shape index (κ3) is 12.1. The van der Waals surface area contributed by atoms with E-state index >= 15 is 0 Å². The number of likely N-dealkylation sites (tertiary alicyclic amines) is 1. The zero-order chi connectivity index (χ0) is 40.9. The normalized spacial score (nSPS) is 13.1. The molecule has 5 aromatic rings. The Morgan fingerprint density at radius 2 is 1.54 bits per heavy atom. The van der Waals surface area contributed by atoms with Gasteiger partial charge in [0.1, 0.15) is 6.04 Å². The molecule has 0 radical (unpaired) electrons. The van der Waals surface area contributed by atoms with Gasteiger partial charge in [0.05, 0.1) is 24.1 Å². The number of benzene rings is 4. The summed E-state index contributed by atoms with van der Waals surface area (Å²) in [5.41, 5.74) is 9.45. The standard InChI is InChI=1S/C34H40Cl2N8O4.C7H6F2/c35-26-9-6-10-27(36)25(26)22-44-30-19-24(11-12-29(30)43(34(44)48)18-17-42-15-4-5-16-42)40-33(47)39-21-31(45)41-28(13-14-37)32(46)38-20-23-7-2-1-3-8-23;1-5-2-3-6(8)7(9)4-5/h1-3,6-12,19,28H,4-5,13-18,20-22,37H2,(H,38,46)(H,41,45)(H2,39,40,47);2-4H,1H3. The van der Waals surface area contributed by atoms with E-state index in [0.717, 1.165) is 55.7 Å². The van der Waals surface area contributed by atoms with Crippen LogP contribution in [0.1, 0.15) is 36.0 Å². The number of carbonyl (C=O) groups is 3. The monoisotopic (exact) mass is 822 g/mol. The average molecular weight is 824 g/mol. The van der Waals surface area contributed by atoms with Crippen LogP contribution in [0, 0.1) is 18.6 Å². The predicted molar refractivity (Wildman–Crippen MR) is 219 cm³/mol. The molecule has 1 fully saturated rings. The van der Waals surface area contributed by atoms with Crippen molar-refractivity contribution >= 4 is 57.8 Å². The van der Waals surface area contributed by atoms with Crippen LogP contribution in [0.3, 0.4) is 0 Å². The largest absolute Gasteiger partial charge is 0.350 e. The number of hydrogen-bond donors (Lipinski definition) is 5. The summed E-state index contributed by atoms with van der Waals surface area (Å²) in [6.45, 7) is 5.26. The van der Waals surface area contributed by atoms with E-state index in [0.29, 0.717) is 45.4 Å². The van der Waals surface area contributed by atoms with E-state index in [1.807, 2.05) is 30.3 Å². The van der Waals surface area contributed by atoms with E-state index in [4.69, 9.17) is 28.9 Å². The highest BCUT2D eigenvalue weighted by molar-refractivity contribution is 6.36. The predicted octanol–water partition coefficient (Wildman–Crippen LogP) is 5.80. The number of halogens is 4. The fraction of sp³-hybridized carbons (Fsp3) is 0.317. The van der Waals surface area contributed by atoms with Gasteiger partial charge in [-0.2, -0.15) is 0 Å². The van der Waals surface area contributed by atoms with Gasteiger partial charge < -0.3 is 31.9 Å². The van der Waals surface area contributed by atoms with Crippen molar-refractivity contribution in [2.75, 3.05) is 38.0 Å². The average Bonchev–Trinajstić information content (AvgIpc) is 3.81. The number of aryl methyl sites for hydroxylation is 1. The van der Waals surface area contributed by atoms with E-state index in [1.54, 1.807) is 52.5 Å². The molecule has 0 saturated carbocycles. The number of rotatable bonds is 14. The molecule has 57 heavy (non-hydrogen) atoms. The van der Waals surface area contributed by atoms with Crippen molar-refractivity contribution in [1.82, 2.24) is 30.0 Å². The summed E-state index contributed by atoms with van der Waals surface area (Å²) < 4.78 is 27.7. The lowest BCUT2D eigenvalue weighted by molar-refractivity contribution is -0.128. The smallest absolute Gasteiger partial charge is 0.329 e. The number of fused-ring (bicyclic) bond motifs is 1. The maximum absolute atomic E-state index is 13.8. The first kappa shape index (κ1) is 42.9. The van der Waals surface area contributed by atoms with Crippen molar-refractivity contribution in [2.24, 2.45) is 5.73 Å². The van der Waals surface area contributed by atoms with Crippen LogP contribution in [-0.2, 0) is 29.2 Å². The number of carbonyl (C=O) groups excluding carboxylic acids is 3. The van der Waals surface area contributed by atoms with Crippen LogP contribution < -0.4 is 32.7 Å². The van der Waals surface area contributed by atoms with Crippen LogP contribution in [0.4, 0.5) is 19.3 Å². The topological polar surface area (TPSA) is 156 Å². The molecular weight excluding hydrogens is 777 g/mol. The zero-order valence-electron chi connectivity index (χ0n) is 31.5. The van der Waals surface area contributed by atoms with Crippen molar-refractivity contribution in [3.8, 4) is 0 Å². The van der Waals surface area contributed by atoms with Crippen LogP contribution in [0.5, 0.6) is 0 Å². The summed E-state index contributed by atoms with van der Waals surface area (Å²) in [7, 11) is 0. The number of urea groups is 1. The number of nitrogens with zero attached hydrogens (tertiary/aromatic N) is 3. The fourth-order valence-corrected chi connectivity index (χ4v) is 6.90. The van der Waals surface area contributed by atoms with Crippen LogP contribution >= 0.6 is 23.2 Å². The molecule has 4 amide bonds. The number of nitrogens with one attached hydrogen (secondary N) is 4. The Hall–Kier alpha value is -5.28. The number of hydrogen-bond acceptors (Lipinski definition) is 6. The second kappa shape index (κ2) is 20.8. The molecule has 1 unspecified atom stereocenters. The number of imidazole rings is 1. The SMILES string of the molecule is Cc1ccc(F)c(F)c1.NCCC(NC(=O)CNC(=O)Nc1ccc2c(c1)n(Cc1c(Cl)cccc1Cl)c(=O)n2CCN1CCCC1)C(=O)NCc1ccccc1. The van der Waals surface area contributed by atoms with Crippen molar-refractivity contribution in [2.45, 2.75) is 51.9 Å². The highest BCUT2D eigenvalue weighted by atomic mass is 35.5. The minimum atomic E-state index is -0.851. The Bertz CT molecular complexity index is 2210. The van der Waals surface area contributed by atoms with Gasteiger partial charge in [0.25, 0.3) is 0 Å². The van der Waals surface area contributed by atoms with E-state index in [1.165, 1.54) is 6.07 Å². The summed E-state index contributed by atoms with van der Waals surface area (Å²) >= 11 is 12.9. The third-order valence-corrected chi connectivity index (χ3v) is 10.1. The molecule has 12 nitrogen and oxygen atoms in total. The van der Waals surface area contributed by atoms with E-state index in [9.17, 15) is 28.0 Å². The van der Waals surface area contributed by atoms with Gasteiger partial charge in [-0.3, -0.25) is 18.7 Å². The van der Waals surface area contributed by atoms with Crippen molar-refractivity contribution in [3.63, 3.8) is 0 Å². The van der Waals surface area contributed by atoms with Gasteiger partial charge in [-0.05, 0) is 99.4 Å². The van der Waals surface area contributed by atoms with E-state index < -0.39 is 29.6 Å². The van der Waals surface area contributed by atoms with Crippen LogP contribution in [-0.4, -0.2) is 70.6 Å². The molecule has 1 aliphatic heterocycles. The Morgan fingerprint density at radius 1 is 0.825 bits per heavy atom. The Kier molecular flexibility index (Phi) is 15.6. The van der Waals surface area contributed by atoms with Gasteiger partial charge in [0.2, 0.25) is 11.8 Å². The van der Waals surface area contributed by atoms with Crippen molar-refractivity contribution in [3.05, 3.63) is 134 Å². The summed E-state index contributed by atoms with van der Waals surface area (Å²) in [6.07, 6.45) is 2.54. The highest BCUT2D eigenvalue weighted by Gasteiger charge is 2.21. The lowest BCUT2D eigenvalue weighted by Crippen LogP contribution is -2.50. The second-order valence-electron chi connectivity index (χ2n) is 13.6. The number of amides is 4. The van der Waals surface area contributed by atoms with E-state index in [2.05, 4.69) is 26.2 Å². The molecule has 0 bridgehead atoms. The van der Waals surface area contributed by atoms with Crippen molar-refractivity contribution < 1.29 is 23.2 Å². The maximum atomic E-state index is 13.8. The van der Waals surface area contributed by atoms with Crippen molar-refractivity contribution in [1.29, 1.82) is 0 Å². The molecule has 0 spiro atoms. The van der Waals surface area contributed by atoms with E-state index in [-0.39, 0.29) is 37.7 Å². The molecule has 6 N–H and O–H groups in total. The van der Waals surface area contributed by atoms with Crippen LogP contribution in [0.25, 0.3) is 11.0 Å².